The van der Waals surface area contributed by atoms with Gasteiger partial charge in [-0.2, -0.15) is 0 Å². The molecular weight excluding hydrogens is 220 g/mol. The molecule has 18 heavy (non-hydrogen) atoms. The van der Waals surface area contributed by atoms with E-state index in [9.17, 15) is 0 Å². The van der Waals surface area contributed by atoms with Gasteiger partial charge in [0.05, 0.1) is 0 Å². The van der Waals surface area contributed by atoms with E-state index < -0.39 is 0 Å². The van der Waals surface area contributed by atoms with E-state index >= 15 is 0 Å². The molecule has 1 aliphatic carbocycles. The van der Waals surface area contributed by atoms with E-state index in [2.05, 4.69) is 37.9 Å². The van der Waals surface area contributed by atoms with Gasteiger partial charge in [-0.25, -0.2) is 0 Å². The van der Waals surface area contributed by atoms with Crippen LogP contribution in [0.1, 0.15) is 59.8 Å². The van der Waals surface area contributed by atoms with Crippen LogP contribution < -0.4 is 5.32 Å². The fourth-order valence-electron chi connectivity index (χ4n) is 3.52. The van der Waals surface area contributed by atoms with Crippen LogP contribution >= 0.6 is 0 Å². The van der Waals surface area contributed by atoms with Gasteiger partial charge in [-0.05, 0) is 44.6 Å². The standard InChI is InChI=1S/C16H32N2/c1-5-6-7-10-18-12-16(4,14-8-9-14)17-11-15(18)13(2)3/h13-15,17H,5-12H2,1-4H3. The monoisotopic (exact) mass is 252 g/mol. The van der Waals surface area contributed by atoms with E-state index in [0.29, 0.717) is 5.54 Å². The molecule has 2 atom stereocenters. The fraction of sp³-hybridized carbons (Fsp3) is 1.00. The Morgan fingerprint density at radius 3 is 2.56 bits per heavy atom. The van der Waals surface area contributed by atoms with Gasteiger partial charge in [0.1, 0.15) is 0 Å². The second-order valence-electron chi connectivity index (χ2n) is 7.06. The second kappa shape index (κ2) is 5.92. The summed E-state index contributed by atoms with van der Waals surface area (Å²) in [6.07, 6.45) is 6.98. The third kappa shape index (κ3) is 3.27. The average Bonchev–Trinajstić information content (AvgIpc) is 3.13. The van der Waals surface area contributed by atoms with E-state index in [1.807, 2.05) is 0 Å². The van der Waals surface area contributed by atoms with Crippen LogP contribution in [0, 0.1) is 11.8 Å². The summed E-state index contributed by atoms with van der Waals surface area (Å²) in [5, 5.41) is 3.87. The molecule has 2 nitrogen and oxygen atoms in total. The molecule has 106 valence electrons. The Morgan fingerprint density at radius 2 is 2.00 bits per heavy atom. The van der Waals surface area contributed by atoms with E-state index in [0.717, 1.165) is 17.9 Å². The zero-order valence-electron chi connectivity index (χ0n) is 12.8. The van der Waals surface area contributed by atoms with Crippen molar-refractivity contribution in [2.75, 3.05) is 19.6 Å². The lowest BCUT2D eigenvalue weighted by molar-refractivity contribution is 0.0511. The minimum atomic E-state index is 0.400. The highest BCUT2D eigenvalue weighted by Gasteiger charge is 2.46. The zero-order valence-corrected chi connectivity index (χ0v) is 12.8. The third-order valence-corrected chi connectivity index (χ3v) is 5.01. The highest BCUT2D eigenvalue weighted by Crippen LogP contribution is 2.41. The molecule has 1 N–H and O–H groups in total. The first-order valence-corrected chi connectivity index (χ1v) is 8.06. The van der Waals surface area contributed by atoms with Gasteiger partial charge in [0.15, 0.2) is 0 Å². The summed E-state index contributed by atoms with van der Waals surface area (Å²) in [4.78, 5) is 2.79. The average molecular weight is 252 g/mol. The van der Waals surface area contributed by atoms with Crippen molar-refractivity contribution in [2.45, 2.75) is 71.4 Å². The molecular formula is C16H32N2. The van der Waals surface area contributed by atoms with Crippen molar-refractivity contribution in [3.8, 4) is 0 Å². The minimum Gasteiger partial charge on any atom is -0.308 e. The molecule has 0 aromatic rings. The Labute approximate surface area is 114 Å². The number of hydrogen-bond donors (Lipinski definition) is 1. The smallest absolute Gasteiger partial charge is 0.0309 e. The molecule has 1 heterocycles. The Bertz CT molecular complexity index is 260. The first-order valence-electron chi connectivity index (χ1n) is 8.06. The van der Waals surface area contributed by atoms with E-state index in [4.69, 9.17) is 0 Å². The van der Waals surface area contributed by atoms with Gasteiger partial charge in [-0.3, -0.25) is 4.90 Å². The zero-order chi connectivity index (χ0) is 13.2. The number of nitrogens with zero attached hydrogens (tertiary/aromatic N) is 1. The van der Waals surface area contributed by atoms with Gasteiger partial charge in [0.25, 0.3) is 0 Å². The van der Waals surface area contributed by atoms with Gasteiger partial charge >= 0.3 is 0 Å². The summed E-state index contributed by atoms with van der Waals surface area (Å²) < 4.78 is 0. The Kier molecular flexibility index (Phi) is 4.71. The van der Waals surface area contributed by atoms with Crippen LogP contribution in [0.5, 0.6) is 0 Å². The molecule has 2 heteroatoms. The van der Waals surface area contributed by atoms with Crippen molar-refractivity contribution in [2.24, 2.45) is 11.8 Å². The largest absolute Gasteiger partial charge is 0.308 e. The summed E-state index contributed by atoms with van der Waals surface area (Å²) in [6.45, 7) is 13.3. The first-order chi connectivity index (χ1) is 8.57. The molecule has 2 fully saturated rings. The van der Waals surface area contributed by atoms with Crippen LogP contribution in [0.25, 0.3) is 0 Å². The maximum absolute atomic E-state index is 3.87. The maximum Gasteiger partial charge on any atom is 0.0309 e. The minimum absolute atomic E-state index is 0.400. The van der Waals surface area contributed by atoms with E-state index in [1.54, 1.807) is 0 Å². The summed E-state index contributed by atoms with van der Waals surface area (Å²) in [5.74, 6) is 1.71. The van der Waals surface area contributed by atoms with Crippen LogP contribution in [-0.4, -0.2) is 36.1 Å². The van der Waals surface area contributed by atoms with Gasteiger partial charge in [-0.1, -0.05) is 33.6 Å². The fourth-order valence-corrected chi connectivity index (χ4v) is 3.52. The van der Waals surface area contributed by atoms with Crippen LogP contribution in [0.15, 0.2) is 0 Å². The van der Waals surface area contributed by atoms with E-state index in [-0.39, 0.29) is 0 Å². The molecule has 1 aliphatic heterocycles. The lowest BCUT2D eigenvalue weighted by Crippen LogP contribution is -2.65. The van der Waals surface area contributed by atoms with Crippen molar-refractivity contribution in [3.05, 3.63) is 0 Å². The molecule has 2 rings (SSSR count). The number of nitrogens with one attached hydrogen (secondary N) is 1. The highest BCUT2D eigenvalue weighted by molar-refractivity contribution is 5.04. The topological polar surface area (TPSA) is 15.3 Å². The van der Waals surface area contributed by atoms with Crippen molar-refractivity contribution < 1.29 is 0 Å². The molecule has 0 aromatic heterocycles. The van der Waals surface area contributed by atoms with Crippen molar-refractivity contribution >= 4 is 0 Å². The first kappa shape index (κ1) is 14.3. The Balaban J connectivity index is 1.94. The van der Waals surface area contributed by atoms with Crippen LogP contribution in [0.4, 0.5) is 0 Å². The Morgan fingerprint density at radius 1 is 1.28 bits per heavy atom. The number of hydrogen-bond acceptors (Lipinski definition) is 2. The molecule has 0 radical (unpaired) electrons. The summed E-state index contributed by atoms with van der Waals surface area (Å²) in [5.41, 5.74) is 0.400. The molecule has 2 aliphatic rings. The lowest BCUT2D eigenvalue weighted by atomic mass is 9.88. The maximum atomic E-state index is 3.87. The number of unbranched alkanes of at least 4 members (excludes halogenated alkanes) is 2. The summed E-state index contributed by atoms with van der Waals surface area (Å²) in [7, 11) is 0. The third-order valence-electron chi connectivity index (χ3n) is 5.01. The number of piperazine rings is 1. The quantitative estimate of drug-likeness (QED) is 0.730. The molecule has 1 saturated heterocycles. The van der Waals surface area contributed by atoms with E-state index in [1.165, 1.54) is 51.7 Å². The van der Waals surface area contributed by atoms with Crippen molar-refractivity contribution in [3.63, 3.8) is 0 Å². The normalized spacial score (nSPS) is 34.2. The van der Waals surface area contributed by atoms with Gasteiger partial charge in [0, 0.05) is 24.7 Å². The number of rotatable bonds is 6. The SMILES string of the molecule is CCCCCN1CC(C)(C2CC2)NCC1C(C)C. The molecule has 2 unspecified atom stereocenters. The van der Waals surface area contributed by atoms with Gasteiger partial charge in [0.2, 0.25) is 0 Å². The second-order valence-corrected chi connectivity index (χ2v) is 7.06. The molecule has 0 bridgehead atoms. The van der Waals surface area contributed by atoms with Gasteiger partial charge < -0.3 is 5.32 Å². The predicted octanol–water partition coefficient (Wildman–Crippen LogP) is 3.28. The summed E-state index contributed by atoms with van der Waals surface area (Å²) in [6, 6.07) is 0.744. The van der Waals surface area contributed by atoms with Crippen LogP contribution in [0.3, 0.4) is 0 Å². The molecule has 0 aromatic carbocycles. The highest BCUT2D eigenvalue weighted by atomic mass is 15.3. The molecule has 1 saturated carbocycles. The van der Waals surface area contributed by atoms with Crippen molar-refractivity contribution in [1.82, 2.24) is 10.2 Å². The Hall–Kier alpha value is -0.0800. The molecule has 0 spiro atoms. The predicted molar refractivity (Wildman–Crippen MR) is 78.9 cm³/mol. The van der Waals surface area contributed by atoms with Crippen LogP contribution in [-0.2, 0) is 0 Å². The van der Waals surface area contributed by atoms with Crippen molar-refractivity contribution in [1.29, 1.82) is 0 Å². The van der Waals surface area contributed by atoms with Crippen LogP contribution in [0.2, 0.25) is 0 Å². The van der Waals surface area contributed by atoms with Gasteiger partial charge in [-0.15, -0.1) is 0 Å². The summed E-state index contributed by atoms with van der Waals surface area (Å²) >= 11 is 0. The lowest BCUT2D eigenvalue weighted by Gasteiger charge is -2.48. The molecule has 0 amide bonds.